The zero-order valence-electron chi connectivity index (χ0n) is 11.5. The van der Waals surface area contributed by atoms with E-state index in [0.717, 1.165) is 25.9 Å². The lowest BCUT2D eigenvalue weighted by Crippen LogP contribution is -2.44. The van der Waals surface area contributed by atoms with Crippen LogP contribution in [-0.4, -0.2) is 41.4 Å². The highest BCUT2D eigenvalue weighted by molar-refractivity contribution is 5.95. The summed E-state index contributed by atoms with van der Waals surface area (Å²) >= 11 is 0. The molecule has 0 aromatic heterocycles. The van der Waals surface area contributed by atoms with Crippen molar-refractivity contribution in [2.45, 2.75) is 18.9 Å². The summed E-state index contributed by atoms with van der Waals surface area (Å²) in [7, 11) is 0. The van der Waals surface area contributed by atoms with Crippen LogP contribution < -0.4 is 5.32 Å². The molecule has 1 heterocycles. The smallest absolute Gasteiger partial charge is 0.270 e. The number of nitro benzene ring substituents is 1. The fraction of sp³-hybridized carbons (Fsp3) is 0.429. The number of nitriles is 1. The molecule has 1 aromatic rings. The molecule has 1 aliphatic rings. The number of nitro groups is 1. The monoisotopic (exact) mass is 288 g/mol. The van der Waals surface area contributed by atoms with E-state index in [0.29, 0.717) is 12.1 Å². The molecule has 0 unspecified atom stereocenters. The van der Waals surface area contributed by atoms with Gasteiger partial charge in [-0.05, 0) is 18.9 Å². The lowest BCUT2D eigenvalue weighted by atomic mass is 10.0. The summed E-state index contributed by atoms with van der Waals surface area (Å²) < 4.78 is 0. The van der Waals surface area contributed by atoms with Crippen LogP contribution in [0.2, 0.25) is 0 Å². The molecule has 1 aromatic carbocycles. The Morgan fingerprint density at radius 1 is 1.48 bits per heavy atom. The van der Waals surface area contributed by atoms with Gasteiger partial charge >= 0.3 is 0 Å². The van der Waals surface area contributed by atoms with Gasteiger partial charge in [-0.1, -0.05) is 6.07 Å². The van der Waals surface area contributed by atoms with E-state index in [1.54, 1.807) is 6.07 Å². The van der Waals surface area contributed by atoms with Gasteiger partial charge in [0, 0.05) is 36.8 Å². The highest BCUT2D eigenvalue weighted by Crippen LogP contribution is 2.15. The number of hydrogen-bond acceptors (Lipinski definition) is 5. The van der Waals surface area contributed by atoms with Crippen LogP contribution in [0.5, 0.6) is 0 Å². The second-order valence-corrected chi connectivity index (χ2v) is 4.99. The predicted molar refractivity (Wildman–Crippen MR) is 75.6 cm³/mol. The minimum absolute atomic E-state index is 0.0479. The summed E-state index contributed by atoms with van der Waals surface area (Å²) in [6.45, 7) is 1.95. The van der Waals surface area contributed by atoms with Crippen molar-refractivity contribution >= 4 is 11.6 Å². The molecule has 0 aliphatic carbocycles. The van der Waals surface area contributed by atoms with Crippen molar-refractivity contribution in [3.05, 3.63) is 39.9 Å². The molecule has 110 valence electrons. The first-order valence-corrected chi connectivity index (χ1v) is 6.75. The second-order valence-electron chi connectivity index (χ2n) is 4.99. The molecule has 0 bridgehead atoms. The number of nitrogens with one attached hydrogen (secondary N) is 1. The minimum atomic E-state index is -0.517. The molecular formula is C14H16N4O3. The number of carbonyl (C=O) groups excluding carboxylic acids is 1. The topological polar surface area (TPSA) is 99.3 Å². The van der Waals surface area contributed by atoms with Gasteiger partial charge in [0.2, 0.25) is 0 Å². The maximum atomic E-state index is 12.1. The molecule has 1 aliphatic heterocycles. The lowest BCUT2D eigenvalue weighted by molar-refractivity contribution is -0.384. The Hall–Kier alpha value is -2.46. The minimum Gasteiger partial charge on any atom is -0.349 e. The Morgan fingerprint density at radius 2 is 2.19 bits per heavy atom. The maximum Gasteiger partial charge on any atom is 0.270 e. The molecule has 21 heavy (non-hydrogen) atoms. The molecule has 1 N–H and O–H groups in total. The number of likely N-dealkylation sites (tertiary alicyclic amines) is 1. The standard InChI is InChI=1S/C14H16N4O3/c15-6-9-17-7-4-12(5-8-17)16-14(19)11-2-1-3-13(10-11)18(20)21/h1-3,10,12H,4-5,7-9H2,(H,16,19). The highest BCUT2D eigenvalue weighted by Gasteiger charge is 2.21. The third-order valence-corrected chi connectivity index (χ3v) is 3.54. The van der Waals surface area contributed by atoms with Gasteiger partial charge in [-0.25, -0.2) is 0 Å². The van der Waals surface area contributed by atoms with Crippen LogP contribution in [0.4, 0.5) is 5.69 Å². The lowest BCUT2D eigenvalue weighted by Gasteiger charge is -2.30. The van der Waals surface area contributed by atoms with E-state index in [-0.39, 0.29) is 17.6 Å². The fourth-order valence-electron chi connectivity index (χ4n) is 2.36. The zero-order chi connectivity index (χ0) is 15.2. The summed E-state index contributed by atoms with van der Waals surface area (Å²) in [5, 5.41) is 22.2. The number of hydrogen-bond donors (Lipinski definition) is 1. The SMILES string of the molecule is N#CCN1CCC(NC(=O)c2cccc([N+](=O)[O-])c2)CC1. The normalized spacial score (nSPS) is 16.1. The summed E-state index contributed by atoms with van der Waals surface area (Å²) in [5.41, 5.74) is 0.204. The third-order valence-electron chi connectivity index (χ3n) is 3.54. The number of rotatable bonds is 4. The summed E-state index contributed by atoms with van der Waals surface area (Å²) in [6.07, 6.45) is 1.56. The van der Waals surface area contributed by atoms with E-state index in [9.17, 15) is 14.9 Å². The molecule has 1 saturated heterocycles. The maximum absolute atomic E-state index is 12.1. The number of amides is 1. The van der Waals surface area contributed by atoms with Gasteiger partial charge in [0.05, 0.1) is 17.5 Å². The first-order chi connectivity index (χ1) is 10.1. The Kier molecular flexibility index (Phi) is 4.85. The number of nitrogens with zero attached hydrogens (tertiary/aromatic N) is 3. The van der Waals surface area contributed by atoms with Crippen molar-refractivity contribution in [3.63, 3.8) is 0 Å². The molecule has 7 heteroatoms. The van der Waals surface area contributed by atoms with Gasteiger partial charge in [-0.2, -0.15) is 5.26 Å². The van der Waals surface area contributed by atoms with Crippen LogP contribution >= 0.6 is 0 Å². The summed E-state index contributed by atoms with van der Waals surface area (Å²) in [4.78, 5) is 24.3. The molecule has 7 nitrogen and oxygen atoms in total. The van der Waals surface area contributed by atoms with Crippen molar-refractivity contribution in [2.75, 3.05) is 19.6 Å². The number of non-ortho nitro benzene ring substituents is 1. The zero-order valence-corrected chi connectivity index (χ0v) is 11.5. The number of carbonyl (C=O) groups is 1. The average molecular weight is 288 g/mol. The Labute approximate surface area is 122 Å². The van der Waals surface area contributed by atoms with Gasteiger partial charge in [-0.15, -0.1) is 0 Å². The molecule has 0 atom stereocenters. The first kappa shape index (κ1) is 14.9. The third kappa shape index (κ3) is 4.00. The number of piperidine rings is 1. The van der Waals surface area contributed by atoms with E-state index >= 15 is 0 Å². The molecule has 1 fully saturated rings. The fourth-order valence-corrected chi connectivity index (χ4v) is 2.36. The first-order valence-electron chi connectivity index (χ1n) is 6.75. The van der Waals surface area contributed by atoms with Crippen LogP contribution in [0.3, 0.4) is 0 Å². The number of benzene rings is 1. The predicted octanol–water partition coefficient (Wildman–Crippen LogP) is 1.31. The summed E-state index contributed by atoms with van der Waals surface area (Å²) in [5.74, 6) is -0.294. The summed E-state index contributed by atoms with van der Waals surface area (Å²) in [6, 6.07) is 7.86. The van der Waals surface area contributed by atoms with E-state index in [2.05, 4.69) is 11.4 Å². The van der Waals surface area contributed by atoms with Crippen molar-refractivity contribution in [1.29, 1.82) is 5.26 Å². The van der Waals surface area contributed by atoms with Crippen molar-refractivity contribution in [3.8, 4) is 6.07 Å². The Bertz CT molecular complexity index is 574. The van der Waals surface area contributed by atoms with Crippen molar-refractivity contribution in [2.24, 2.45) is 0 Å². The van der Waals surface area contributed by atoms with Gasteiger partial charge in [0.1, 0.15) is 0 Å². The molecule has 0 saturated carbocycles. The van der Waals surface area contributed by atoms with Crippen LogP contribution in [0, 0.1) is 21.4 Å². The van der Waals surface area contributed by atoms with E-state index in [1.807, 2.05) is 4.90 Å². The molecule has 0 radical (unpaired) electrons. The van der Waals surface area contributed by atoms with Crippen LogP contribution in [0.15, 0.2) is 24.3 Å². The largest absolute Gasteiger partial charge is 0.349 e. The van der Waals surface area contributed by atoms with E-state index in [1.165, 1.54) is 18.2 Å². The highest BCUT2D eigenvalue weighted by atomic mass is 16.6. The van der Waals surface area contributed by atoms with Crippen LogP contribution in [0.25, 0.3) is 0 Å². The molecule has 0 spiro atoms. The quantitative estimate of drug-likeness (QED) is 0.511. The van der Waals surface area contributed by atoms with Gasteiger partial charge < -0.3 is 5.32 Å². The second kappa shape index (κ2) is 6.81. The van der Waals surface area contributed by atoms with Crippen LogP contribution in [-0.2, 0) is 0 Å². The van der Waals surface area contributed by atoms with Gasteiger partial charge in [0.25, 0.3) is 11.6 Å². The van der Waals surface area contributed by atoms with Gasteiger partial charge in [-0.3, -0.25) is 19.8 Å². The van der Waals surface area contributed by atoms with E-state index in [4.69, 9.17) is 5.26 Å². The van der Waals surface area contributed by atoms with Crippen LogP contribution in [0.1, 0.15) is 23.2 Å². The van der Waals surface area contributed by atoms with Gasteiger partial charge in [0.15, 0.2) is 0 Å². The van der Waals surface area contributed by atoms with Crippen molar-refractivity contribution < 1.29 is 9.72 Å². The van der Waals surface area contributed by atoms with E-state index < -0.39 is 4.92 Å². The Balaban J connectivity index is 1.92. The van der Waals surface area contributed by atoms with Crippen molar-refractivity contribution in [1.82, 2.24) is 10.2 Å². The Morgan fingerprint density at radius 3 is 2.81 bits per heavy atom. The molecular weight excluding hydrogens is 272 g/mol. The average Bonchev–Trinajstić information content (AvgIpc) is 2.49. The molecule has 2 rings (SSSR count). The molecule has 1 amide bonds.